The van der Waals surface area contributed by atoms with Crippen molar-refractivity contribution in [1.29, 1.82) is 0 Å². The number of esters is 1. The summed E-state index contributed by atoms with van der Waals surface area (Å²) >= 11 is 7.90. The molecule has 0 aliphatic rings. The normalized spacial score (nSPS) is 9.78. The van der Waals surface area contributed by atoms with Crippen LogP contribution >= 0.6 is 28.6 Å². The first-order valence-electron chi connectivity index (χ1n) is 7.45. The third-order valence-corrected chi connectivity index (χ3v) is 3.99. The predicted octanol–water partition coefficient (Wildman–Crippen LogP) is 4.84. The fraction of sp³-hybridized carbons (Fsp3) is 0.278. The van der Waals surface area contributed by atoms with Gasteiger partial charge < -0.3 is 10.1 Å². The van der Waals surface area contributed by atoms with Gasteiger partial charge in [0.25, 0.3) is 0 Å². The van der Waals surface area contributed by atoms with Gasteiger partial charge in [-0.1, -0.05) is 41.9 Å². The van der Waals surface area contributed by atoms with Crippen molar-refractivity contribution in [2.45, 2.75) is 31.8 Å². The van der Waals surface area contributed by atoms with Crippen LogP contribution in [-0.4, -0.2) is 13.1 Å². The molecule has 0 aliphatic heterocycles. The Morgan fingerprint density at radius 2 is 1.78 bits per heavy atom. The molecular weight excluding hydrogens is 374 g/mol. The highest BCUT2D eigenvalue weighted by atomic mass is 79.9. The molecule has 0 aromatic heterocycles. The fourth-order valence-electron chi connectivity index (χ4n) is 1.91. The van der Waals surface area contributed by atoms with Gasteiger partial charge in [0.1, 0.15) is 0 Å². The molecule has 2 aromatic rings. The van der Waals surface area contributed by atoms with E-state index in [0.717, 1.165) is 33.6 Å². The van der Waals surface area contributed by atoms with Gasteiger partial charge in [0.05, 0.1) is 12.7 Å². The van der Waals surface area contributed by atoms with Gasteiger partial charge in [-0.05, 0) is 41.5 Å². The van der Waals surface area contributed by atoms with E-state index < -0.39 is 0 Å². The predicted molar refractivity (Wildman–Crippen MR) is 101 cm³/mol. The number of carbonyl (C=O) groups is 1. The maximum absolute atomic E-state index is 11.3. The molecule has 0 atom stereocenters. The number of carbonyl (C=O) groups excluding carboxylic acids is 1. The van der Waals surface area contributed by atoms with Crippen molar-refractivity contribution in [3.8, 4) is 0 Å². The highest BCUT2D eigenvalue weighted by Crippen LogP contribution is 2.19. The summed E-state index contributed by atoms with van der Waals surface area (Å²) in [5, 5.41) is 3.36. The summed E-state index contributed by atoms with van der Waals surface area (Å²) < 4.78 is 5.71. The molecule has 0 aliphatic carbocycles. The van der Waals surface area contributed by atoms with Gasteiger partial charge in [-0.3, -0.25) is 0 Å². The maximum atomic E-state index is 11.3. The molecule has 2 rings (SSSR count). The van der Waals surface area contributed by atoms with E-state index in [4.69, 9.17) is 0 Å². The minimum absolute atomic E-state index is 0.316. The molecular formula is C18H22BrNO2S. The van der Waals surface area contributed by atoms with Crippen molar-refractivity contribution in [1.82, 2.24) is 5.32 Å². The Kier molecular flexibility index (Phi) is 8.99. The quantitative estimate of drug-likeness (QED) is 0.561. The van der Waals surface area contributed by atoms with Crippen LogP contribution in [0.4, 0.5) is 0 Å². The summed E-state index contributed by atoms with van der Waals surface area (Å²) in [6.07, 6.45) is 0. The topological polar surface area (TPSA) is 38.3 Å². The molecule has 5 heteroatoms. The monoisotopic (exact) mass is 395 g/mol. The van der Waals surface area contributed by atoms with Crippen LogP contribution in [0.2, 0.25) is 0 Å². The zero-order chi connectivity index (χ0) is 17.2. The van der Waals surface area contributed by atoms with E-state index in [1.165, 1.54) is 7.11 Å². The van der Waals surface area contributed by atoms with Gasteiger partial charge in [0.2, 0.25) is 0 Å². The second-order valence-electron chi connectivity index (χ2n) is 4.57. The average Bonchev–Trinajstić information content (AvgIpc) is 2.59. The van der Waals surface area contributed by atoms with Crippen LogP contribution < -0.4 is 5.32 Å². The number of hydrogen-bond acceptors (Lipinski definition) is 4. The Bertz CT molecular complexity index is 629. The fourth-order valence-corrected chi connectivity index (χ4v) is 2.54. The summed E-state index contributed by atoms with van der Waals surface area (Å²) in [5.41, 5.74) is 2.81. The number of ether oxygens (including phenoxy) is 1. The second kappa shape index (κ2) is 10.5. The van der Waals surface area contributed by atoms with E-state index in [1.54, 1.807) is 12.1 Å². The summed E-state index contributed by atoms with van der Waals surface area (Å²) in [7, 11) is 1.38. The lowest BCUT2D eigenvalue weighted by Gasteiger charge is -2.08. The van der Waals surface area contributed by atoms with Crippen LogP contribution in [0.25, 0.3) is 0 Å². The van der Waals surface area contributed by atoms with Gasteiger partial charge in [0, 0.05) is 22.5 Å². The average molecular weight is 396 g/mol. The van der Waals surface area contributed by atoms with Crippen LogP contribution in [0, 0.1) is 0 Å². The SMILES string of the molecule is CC.COC(=O)c1ccc(CNCc2cc(Br)ccc2S)cc1. The number of nitrogens with one attached hydrogen (secondary N) is 1. The summed E-state index contributed by atoms with van der Waals surface area (Å²) in [6.45, 7) is 5.46. The van der Waals surface area contributed by atoms with Crippen molar-refractivity contribution in [2.75, 3.05) is 7.11 Å². The number of hydrogen-bond donors (Lipinski definition) is 2. The van der Waals surface area contributed by atoms with Crippen molar-refractivity contribution in [3.63, 3.8) is 0 Å². The lowest BCUT2D eigenvalue weighted by Crippen LogP contribution is -2.13. The summed E-state index contributed by atoms with van der Waals surface area (Å²) in [6, 6.07) is 13.4. The summed E-state index contributed by atoms with van der Waals surface area (Å²) in [4.78, 5) is 12.3. The third-order valence-electron chi connectivity index (χ3n) is 3.06. The van der Waals surface area contributed by atoms with Gasteiger partial charge in [0.15, 0.2) is 0 Å². The van der Waals surface area contributed by atoms with E-state index >= 15 is 0 Å². The molecule has 3 nitrogen and oxygen atoms in total. The summed E-state index contributed by atoms with van der Waals surface area (Å²) in [5.74, 6) is -0.316. The molecule has 0 fully saturated rings. The standard InChI is InChI=1S/C16H16BrNO2S.C2H6/c1-20-16(19)12-4-2-11(3-5-12)9-18-10-13-8-14(17)6-7-15(13)21;1-2/h2-8,18,21H,9-10H2,1H3;1-2H3. The molecule has 124 valence electrons. The lowest BCUT2D eigenvalue weighted by molar-refractivity contribution is 0.0600. The molecule has 2 aromatic carbocycles. The smallest absolute Gasteiger partial charge is 0.337 e. The Morgan fingerprint density at radius 3 is 2.39 bits per heavy atom. The minimum atomic E-state index is -0.316. The Hall–Kier alpha value is -1.30. The molecule has 0 amide bonds. The van der Waals surface area contributed by atoms with Crippen molar-refractivity contribution >= 4 is 34.5 Å². The second-order valence-corrected chi connectivity index (χ2v) is 5.96. The molecule has 0 spiro atoms. The minimum Gasteiger partial charge on any atom is -0.465 e. The van der Waals surface area contributed by atoms with Crippen LogP contribution in [0.5, 0.6) is 0 Å². The molecule has 0 saturated carbocycles. The first-order valence-corrected chi connectivity index (χ1v) is 8.69. The van der Waals surface area contributed by atoms with E-state index in [-0.39, 0.29) is 5.97 Å². The van der Waals surface area contributed by atoms with Crippen molar-refractivity contribution in [2.24, 2.45) is 0 Å². The molecule has 0 heterocycles. The van der Waals surface area contributed by atoms with Gasteiger partial charge >= 0.3 is 5.97 Å². The highest BCUT2D eigenvalue weighted by Gasteiger charge is 2.04. The van der Waals surface area contributed by atoms with E-state index in [9.17, 15) is 4.79 Å². The zero-order valence-corrected chi connectivity index (χ0v) is 16.1. The van der Waals surface area contributed by atoms with Crippen LogP contribution in [0.3, 0.4) is 0 Å². The molecule has 0 saturated heterocycles. The van der Waals surface area contributed by atoms with Crippen LogP contribution in [0.15, 0.2) is 51.8 Å². The van der Waals surface area contributed by atoms with Crippen LogP contribution in [-0.2, 0) is 17.8 Å². The third kappa shape index (κ3) is 6.37. The van der Waals surface area contributed by atoms with E-state index in [0.29, 0.717) is 5.56 Å². The maximum Gasteiger partial charge on any atom is 0.337 e. The highest BCUT2D eigenvalue weighted by molar-refractivity contribution is 9.10. The number of methoxy groups -OCH3 is 1. The number of rotatable bonds is 5. The molecule has 0 radical (unpaired) electrons. The van der Waals surface area contributed by atoms with Gasteiger partial charge in [-0.15, -0.1) is 12.6 Å². The van der Waals surface area contributed by atoms with E-state index in [2.05, 4.69) is 44.7 Å². The molecule has 0 bridgehead atoms. The number of benzene rings is 2. The van der Waals surface area contributed by atoms with Gasteiger partial charge in [-0.25, -0.2) is 4.79 Å². The van der Waals surface area contributed by atoms with E-state index in [1.807, 2.05) is 38.1 Å². The Morgan fingerprint density at radius 1 is 1.13 bits per heavy atom. The van der Waals surface area contributed by atoms with Crippen LogP contribution in [0.1, 0.15) is 35.3 Å². The first kappa shape index (κ1) is 19.7. The molecule has 0 unspecified atom stereocenters. The van der Waals surface area contributed by atoms with Gasteiger partial charge in [-0.2, -0.15) is 0 Å². The molecule has 23 heavy (non-hydrogen) atoms. The lowest BCUT2D eigenvalue weighted by atomic mass is 10.1. The number of thiol groups is 1. The Labute approximate surface area is 152 Å². The Balaban J connectivity index is 0.00000127. The first-order chi connectivity index (χ1) is 11.1. The van der Waals surface area contributed by atoms with Crippen molar-refractivity contribution < 1.29 is 9.53 Å². The molecule has 1 N–H and O–H groups in total. The van der Waals surface area contributed by atoms with Crippen molar-refractivity contribution in [3.05, 3.63) is 63.6 Å². The zero-order valence-electron chi connectivity index (χ0n) is 13.6. The largest absolute Gasteiger partial charge is 0.465 e. The number of halogens is 1.